The van der Waals surface area contributed by atoms with Crippen LogP contribution in [-0.2, 0) is 25.1 Å². The van der Waals surface area contributed by atoms with Crippen molar-refractivity contribution in [1.29, 1.82) is 0 Å². The Bertz CT molecular complexity index is 622. The molecule has 0 bridgehead atoms. The summed E-state index contributed by atoms with van der Waals surface area (Å²) in [4.78, 5) is 4.84. The lowest BCUT2D eigenvalue weighted by Crippen LogP contribution is -2.03. The Morgan fingerprint density at radius 2 is 2.15 bits per heavy atom. The molecule has 2 nitrogen and oxygen atoms in total. The summed E-state index contributed by atoms with van der Waals surface area (Å²) in [6.45, 7) is 2.71. The first-order valence-corrected chi connectivity index (χ1v) is 8.15. The number of benzene rings is 1. The van der Waals surface area contributed by atoms with E-state index < -0.39 is 0 Å². The third-order valence-electron chi connectivity index (χ3n) is 3.77. The van der Waals surface area contributed by atoms with Gasteiger partial charge in [-0.2, -0.15) is 0 Å². The quantitative estimate of drug-likeness (QED) is 0.871. The zero-order valence-electron chi connectivity index (χ0n) is 11.9. The van der Waals surface area contributed by atoms with Crippen LogP contribution in [0, 0.1) is 6.92 Å². The van der Waals surface area contributed by atoms with Crippen LogP contribution in [-0.4, -0.2) is 4.98 Å². The molecule has 1 heterocycles. The number of nitrogens with zero attached hydrogens (tertiary/aromatic N) is 1. The van der Waals surface area contributed by atoms with Gasteiger partial charge in [0.1, 0.15) is 5.03 Å². The van der Waals surface area contributed by atoms with E-state index in [2.05, 4.69) is 37.3 Å². The van der Waals surface area contributed by atoms with Crippen molar-refractivity contribution in [2.45, 2.75) is 43.5 Å². The van der Waals surface area contributed by atoms with E-state index in [9.17, 15) is 0 Å². The summed E-state index contributed by atoms with van der Waals surface area (Å²) < 4.78 is 0. The van der Waals surface area contributed by atoms with Gasteiger partial charge in [0.05, 0.1) is 0 Å². The standard InChI is InChI=1S/C17H20N2S/c1-12-4-2-5-13(8-12)11-20-17-15(10-18)9-14-6-3-7-16(14)19-17/h2,4-5,8-9H,3,6-7,10-11,18H2,1H3. The predicted molar refractivity (Wildman–Crippen MR) is 84.9 cm³/mol. The Hall–Kier alpha value is -1.32. The zero-order valence-corrected chi connectivity index (χ0v) is 12.7. The lowest BCUT2D eigenvalue weighted by Gasteiger charge is -2.10. The van der Waals surface area contributed by atoms with E-state index in [0.717, 1.165) is 23.6 Å². The number of aromatic nitrogens is 1. The van der Waals surface area contributed by atoms with Gasteiger partial charge >= 0.3 is 0 Å². The first-order chi connectivity index (χ1) is 9.76. The van der Waals surface area contributed by atoms with Crippen LogP contribution in [0.15, 0.2) is 35.4 Å². The first kappa shape index (κ1) is 13.7. The number of thioether (sulfide) groups is 1. The van der Waals surface area contributed by atoms with E-state index in [1.165, 1.54) is 34.4 Å². The fraction of sp³-hybridized carbons (Fsp3) is 0.353. The van der Waals surface area contributed by atoms with Crippen molar-refractivity contribution in [2.75, 3.05) is 0 Å². The number of rotatable bonds is 4. The molecule has 0 radical (unpaired) electrons. The Kier molecular flexibility index (Phi) is 4.08. The fourth-order valence-corrected chi connectivity index (χ4v) is 3.71. The number of pyridine rings is 1. The van der Waals surface area contributed by atoms with Gasteiger partial charge in [-0.15, -0.1) is 11.8 Å². The van der Waals surface area contributed by atoms with Gasteiger partial charge in [0.2, 0.25) is 0 Å². The lowest BCUT2D eigenvalue weighted by atomic mass is 10.1. The van der Waals surface area contributed by atoms with Crippen LogP contribution in [0.3, 0.4) is 0 Å². The van der Waals surface area contributed by atoms with Gasteiger partial charge in [-0.05, 0) is 42.9 Å². The highest BCUT2D eigenvalue weighted by atomic mass is 32.2. The zero-order chi connectivity index (χ0) is 13.9. The van der Waals surface area contributed by atoms with E-state index in [0.29, 0.717) is 6.54 Å². The van der Waals surface area contributed by atoms with Crippen LogP contribution in [0.2, 0.25) is 0 Å². The second-order valence-corrected chi connectivity index (χ2v) is 6.36. The molecule has 104 valence electrons. The van der Waals surface area contributed by atoms with E-state index in [1.807, 2.05) is 11.8 Å². The number of hydrogen-bond donors (Lipinski definition) is 1. The summed E-state index contributed by atoms with van der Waals surface area (Å²) in [5.41, 5.74) is 12.4. The minimum atomic E-state index is 0.580. The van der Waals surface area contributed by atoms with Crippen LogP contribution in [0.1, 0.15) is 34.4 Å². The summed E-state index contributed by atoms with van der Waals surface area (Å²) in [6, 6.07) is 10.9. The molecular formula is C17H20N2S. The average Bonchev–Trinajstić information content (AvgIpc) is 2.91. The molecule has 0 amide bonds. The normalized spacial score (nSPS) is 13.5. The molecule has 1 aromatic heterocycles. The summed E-state index contributed by atoms with van der Waals surface area (Å²) in [5, 5.41) is 1.12. The van der Waals surface area contributed by atoms with Crippen molar-refractivity contribution in [3.63, 3.8) is 0 Å². The third-order valence-corrected chi connectivity index (χ3v) is 4.87. The molecule has 0 saturated heterocycles. The number of hydrogen-bond acceptors (Lipinski definition) is 3. The van der Waals surface area contributed by atoms with Crippen LogP contribution in [0.5, 0.6) is 0 Å². The van der Waals surface area contributed by atoms with E-state index >= 15 is 0 Å². The maximum atomic E-state index is 5.88. The molecule has 0 saturated carbocycles. The van der Waals surface area contributed by atoms with E-state index in [1.54, 1.807) is 0 Å². The summed E-state index contributed by atoms with van der Waals surface area (Å²) >= 11 is 1.81. The molecule has 0 fully saturated rings. The molecule has 20 heavy (non-hydrogen) atoms. The average molecular weight is 284 g/mol. The van der Waals surface area contributed by atoms with Crippen LogP contribution in [0.25, 0.3) is 0 Å². The molecule has 1 aliphatic carbocycles. The van der Waals surface area contributed by atoms with Gasteiger partial charge in [-0.25, -0.2) is 4.98 Å². The highest BCUT2D eigenvalue weighted by molar-refractivity contribution is 7.98. The van der Waals surface area contributed by atoms with Gasteiger partial charge in [0.15, 0.2) is 0 Å². The molecule has 0 spiro atoms. The summed E-state index contributed by atoms with van der Waals surface area (Å²) in [6.07, 6.45) is 3.52. The van der Waals surface area contributed by atoms with Crippen molar-refractivity contribution in [2.24, 2.45) is 5.73 Å². The maximum absolute atomic E-state index is 5.88. The van der Waals surface area contributed by atoms with Gasteiger partial charge in [-0.1, -0.05) is 35.9 Å². The van der Waals surface area contributed by atoms with Crippen LogP contribution < -0.4 is 5.73 Å². The Morgan fingerprint density at radius 1 is 1.25 bits per heavy atom. The molecule has 1 aromatic carbocycles. The molecule has 1 aliphatic rings. The first-order valence-electron chi connectivity index (χ1n) is 7.16. The molecule has 0 atom stereocenters. The highest BCUT2D eigenvalue weighted by Gasteiger charge is 2.16. The van der Waals surface area contributed by atoms with Crippen molar-refractivity contribution in [1.82, 2.24) is 4.98 Å². The van der Waals surface area contributed by atoms with Crippen LogP contribution >= 0.6 is 11.8 Å². The molecule has 2 aromatic rings. The lowest BCUT2D eigenvalue weighted by molar-refractivity contribution is 0.884. The minimum absolute atomic E-state index is 0.580. The van der Waals surface area contributed by atoms with Gasteiger partial charge in [0, 0.05) is 18.0 Å². The number of nitrogens with two attached hydrogens (primary N) is 1. The van der Waals surface area contributed by atoms with E-state index in [4.69, 9.17) is 10.7 Å². The van der Waals surface area contributed by atoms with E-state index in [-0.39, 0.29) is 0 Å². The molecular weight excluding hydrogens is 264 g/mol. The topological polar surface area (TPSA) is 38.9 Å². The van der Waals surface area contributed by atoms with Crippen LogP contribution in [0.4, 0.5) is 0 Å². The van der Waals surface area contributed by atoms with Crippen molar-refractivity contribution < 1.29 is 0 Å². The molecule has 2 N–H and O–H groups in total. The number of fused-ring (bicyclic) bond motifs is 1. The molecule has 0 aliphatic heterocycles. The Balaban J connectivity index is 1.80. The SMILES string of the molecule is Cc1cccc(CSc2nc3c(cc2CN)CCC3)c1. The summed E-state index contributed by atoms with van der Waals surface area (Å²) in [7, 11) is 0. The molecule has 3 heteroatoms. The highest BCUT2D eigenvalue weighted by Crippen LogP contribution is 2.29. The summed E-state index contributed by atoms with van der Waals surface area (Å²) in [5.74, 6) is 0.959. The van der Waals surface area contributed by atoms with Gasteiger partial charge < -0.3 is 5.73 Å². The van der Waals surface area contributed by atoms with Crippen molar-refractivity contribution in [3.8, 4) is 0 Å². The largest absolute Gasteiger partial charge is 0.326 e. The second kappa shape index (κ2) is 5.98. The van der Waals surface area contributed by atoms with Crippen molar-refractivity contribution >= 4 is 11.8 Å². The fourth-order valence-electron chi connectivity index (χ4n) is 2.73. The smallest absolute Gasteiger partial charge is 0.101 e. The predicted octanol–water partition coefficient (Wildman–Crippen LogP) is 3.63. The molecule has 0 unspecified atom stereocenters. The number of aryl methyl sites for hydroxylation is 3. The van der Waals surface area contributed by atoms with Crippen molar-refractivity contribution in [3.05, 3.63) is 58.3 Å². The Morgan fingerprint density at radius 3 is 2.95 bits per heavy atom. The monoisotopic (exact) mass is 284 g/mol. The minimum Gasteiger partial charge on any atom is -0.326 e. The second-order valence-electron chi connectivity index (χ2n) is 5.39. The Labute approximate surface area is 124 Å². The van der Waals surface area contributed by atoms with Gasteiger partial charge in [-0.3, -0.25) is 0 Å². The van der Waals surface area contributed by atoms with Gasteiger partial charge in [0.25, 0.3) is 0 Å². The maximum Gasteiger partial charge on any atom is 0.101 e. The third kappa shape index (κ3) is 2.89. The molecule has 3 rings (SSSR count).